The Balaban J connectivity index is 1.40. The monoisotopic (exact) mass is 380 g/mol. The fraction of sp³-hybridized carbons (Fsp3) is 0.429. The molecule has 2 saturated heterocycles. The third-order valence-corrected chi connectivity index (χ3v) is 5.29. The SMILES string of the molecule is O=C1CCCN1CC(=O)N1CCC[C@H](c2cncc(Oc3ccccc3)n2)C1. The number of likely N-dealkylation sites (tertiary alicyclic amines) is 2. The van der Waals surface area contributed by atoms with Gasteiger partial charge in [-0.2, -0.15) is 0 Å². The van der Waals surface area contributed by atoms with Gasteiger partial charge in [0.2, 0.25) is 17.7 Å². The minimum atomic E-state index is 0.0181. The van der Waals surface area contributed by atoms with Crippen molar-refractivity contribution in [1.29, 1.82) is 0 Å². The summed E-state index contributed by atoms with van der Waals surface area (Å²) in [6.07, 6.45) is 6.62. The Hall–Kier alpha value is -2.96. The highest BCUT2D eigenvalue weighted by atomic mass is 16.5. The number of hydrogen-bond acceptors (Lipinski definition) is 5. The van der Waals surface area contributed by atoms with Gasteiger partial charge in [-0.15, -0.1) is 0 Å². The number of hydrogen-bond donors (Lipinski definition) is 0. The van der Waals surface area contributed by atoms with Gasteiger partial charge in [0.1, 0.15) is 5.75 Å². The highest BCUT2D eigenvalue weighted by molar-refractivity contribution is 5.86. The summed E-state index contributed by atoms with van der Waals surface area (Å²) in [6, 6.07) is 9.48. The third-order valence-electron chi connectivity index (χ3n) is 5.29. The van der Waals surface area contributed by atoms with Crippen LogP contribution in [0.1, 0.15) is 37.3 Å². The van der Waals surface area contributed by atoms with E-state index in [0.29, 0.717) is 31.1 Å². The van der Waals surface area contributed by atoms with Gasteiger partial charge in [0.15, 0.2) is 0 Å². The van der Waals surface area contributed by atoms with Crippen LogP contribution in [0.2, 0.25) is 0 Å². The number of carbonyl (C=O) groups is 2. The maximum absolute atomic E-state index is 12.7. The molecular formula is C21H24N4O3. The number of piperidine rings is 1. The van der Waals surface area contributed by atoms with Gasteiger partial charge in [-0.1, -0.05) is 18.2 Å². The standard InChI is InChI=1S/C21H24N4O3/c26-20-9-5-11-25(20)15-21(27)24-10-4-6-16(14-24)18-12-22-13-19(23-18)28-17-7-2-1-3-8-17/h1-3,7-8,12-13,16H,4-6,9-11,14-15H2/t16-/m0/s1. The molecule has 0 aliphatic carbocycles. The van der Waals surface area contributed by atoms with Crippen molar-refractivity contribution in [3.8, 4) is 11.6 Å². The predicted octanol–water partition coefficient (Wildman–Crippen LogP) is 2.60. The minimum Gasteiger partial charge on any atom is -0.437 e. The van der Waals surface area contributed by atoms with Crippen LogP contribution in [0, 0.1) is 0 Å². The van der Waals surface area contributed by atoms with E-state index in [1.165, 1.54) is 0 Å². The average Bonchev–Trinajstić information content (AvgIpc) is 3.13. The molecule has 0 saturated carbocycles. The fourth-order valence-corrected chi connectivity index (χ4v) is 3.80. The summed E-state index contributed by atoms with van der Waals surface area (Å²) in [4.78, 5) is 36.9. The van der Waals surface area contributed by atoms with E-state index < -0.39 is 0 Å². The molecule has 2 fully saturated rings. The van der Waals surface area contributed by atoms with Crippen molar-refractivity contribution in [1.82, 2.24) is 19.8 Å². The molecule has 1 atom stereocenters. The quantitative estimate of drug-likeness (QED) is 0.797. The fourth-order valence-electron chi connectivity index (χ4n) is 3.80. The first kappa shape index (κ1) is 18.4. The van der Waals surface area contributed by atoms with Gasteiger partial charge in [0.05, 0.1) is 18.4 Å². The van der Waals surface area contributed by atoms with Crippen LogP contribution in [0.3, 0.4) is 0 Å². The number of nitrogens with zero attached hydrogens (tertiary/aromatic N) is 4. The number of aromatic nitrogens is 2. The lowest BCUT2D eigenvalue weighted by atomic mass is 9.95. The van der Waals surface area contributed by atoms with Gasteiger partial charge in [0.25, 0.3) is 0 Å². The Kier molecular flexibility index (Phi) is 5.50. The van der Waals surface area contributed by atoms with Crippen molar-refractivity contribution < 1.29 is 14.3 Å². The molecule has 0 bridgehead atoms. The van der Waals surface area contributed by atoms with E-state index in [1.807, 2.05) is 35.2 Å². The second kappa shape index (κ2) is 8.37. The van der Waals surface area contributed by atoms with Gasteiger partial charge in [-0.25, -0.2) is 4.98 Å². The smallest absolute Gasteiger partial charge is 0.242 e. The molecule has 2 aliphatic rings. The summed E-state index contributed by atoms with van der Waals surface area (Å²) >= 11 is 0. The summed E-state index contributed by atoms with van der Waals surface area (Å²) in [7, 11) is 0. The van der Waals surface area contributed by atoms with Crippen LogP contribution in [0.5, 0.6) is 11.6 Å². The van der Waals surface area contributed by atoms with E-state index in [1.54, 1.807) is 17.3 Å². The Labute approximate surface area is 164 Å². The van der Waals surface area contributed by atoms with Gasteiger partial charge in [0, 0.05) is 38.2 Å². The first-order valence-electron chi connectivity index (χ1n) is 9.79. The summed E-state index contributed by atoms with van der Waals surface area (Å²) in [5, 5.41) is 0. The number of amides is 2. The first-order valence-corrected chi connectivity index (χ1v) is 9.79. The number of carbonyl (C=O) groups excluding carboxylic acids is 2. The lowest BCUT2D eigenvalue weighted by Crippen LogP contribution is -2.45. The van der Waals surface area contributed by atoms with E-state index in [9.17, 15) is 9.59 Å². The summed E-state index contributed by atoms with van der Waals surface area (Å²) in [5.74, 6) is 1.39. The van der Waals surface area contributed by atoms with Crippen molar-refractivity contribution >= 4 is 11.8 Å². The molecular weight excluding hydrogens is 356 g/mol. The van der Waals surface area contributed by atoms with E-state index in [-0.39, 0.29) is 24.3 Å². The van der Waals surface area contributed by atoms with Gasteiger partial charge in [-0.3, -0.25) is 14.6 Å². The van der Waals surface area contributed by atoms with E-state index in [4.69, 9.17) is 4.74 Å². The molecule has 7 nitrogen and oxygen atoms in total. The lowest BCUT2D eigenvalue weighted by molar-refractivity contribution is -0.139. The predicted molar refractivity (Wildman–Crippen MR) is 103 cm³/mol. The minimum absolute atomic E-state index is 0.0181. The average molecular weight is 380 g/mol. The molecule has 146 valence electrons. The molecule has 28 heavy (non-hydrogen) atoms. The lowest BCUT2D eigenvalue weighted by Gasteiger charge is -2.33. The first-order chi connectivity index (χ1) is 13.7. The summed E-state index contributed by atoms with van der Waals surface area (Å²) < 4.78 is 5.79. The molecule has 4 rings (SSSR count). The van der Waals surface area contributed by atoms with Gasteiger partial charge in [-0.05, 0) is 31.4 Å². The molecule has 7 heteroatoms. The molecule has 2 aromatic rings. The van der Waals surface area contributed by atoms with Crippen molar-refractivity contribution in [3.63, 3.8) is 0 Å². The van der Waals surface area contributed by atoms with E-state index in [2.05, 4.69) is 9.97 Å². The van der Waals surface area contributed by atoms with Crippen LogP contribution in [0.4, 0.5) is 0 Å². The molecule has 0 radical (unpaired) electrons. The number of rotatable bonds is 5. The molecule has 3 heterocycles. The van der Waals surface area contributed by atoms with E-state index in [0.717, 1.165) is 31.5 Å². The van der Waals surface area contributed by atoms with Crippen molar-refractivity contribution in [3.05, 3.63) is 48.4 Å². The van der Waals surface area contributed by atoms with Crippen molar-refractivity contribution in [2.24, 2.45) is 0 Å². The number of para-hydroxylation sites is 1. The second-order valence-electron chi connectivity index (χ2n) is 7.30. The van der Waals surface area contributed by atoms with Gasteiger partial charge >= 0.3 is 0 Å². The topological polar surface area (TPSA) is 75.6 Å². The maximum atomic E-state index is 12.7. The normalized spacial score (nSPS) is 19.7. The van der Waals surface area contributed by atoms with Crippen LogP contribution in [-0.4, -0.2) is 57.8 Å². The number of benzene rings is 1. The van der Waals surface area contributed by atoms with Crippen LogP contribution >= 0.6 is 0 Å². The Morgan fingerprint density at radius 1 is 1.14 bits per heavy atom. The van der Waals surface area contributed by atoms with Crippen molar-refractivity contribution in [2.75, 3.05) is 26.2 Å². The Bertz CT molecular complexity index is 843. The van der Waals surface area contributed by atoms with Crippen LogP contribution in [0.15, 0.2) is 42.7 Å². The largest absolute Gasteiger partial charge is 0.437 e. The third kappa shape index (κ3) is 4.30. The second-order valence-corrected chi connectivity index (χ2v) is 7.30. The Morgan fingerprint density at radius 3 is 2.79 bits per heavy atom. The summed E-state index contributed by atoms with van der Waals surface area (Å²) in [6.45, 7) is 2.20. The molecule has 2 amide bonds. The highest BCUT2D eigenvalue weighted by Crippen LogP contribution is 2.27. The molecule has 2 aliphatic heterocycles. The molecule has 0 spiro atoms. The van der Waals surface area contributed by atoms with Crippen LogP contribution in [0.25, 0.3) is 0 Å². The highest BCUT2D eigenvalue weighted by Gasteiger charge is 2.29. The van der Waals surface area contributed by atoms with Gasteiger partial charge < -0.3 is 14.5 Å². The zero-order valence-electron chi connectivity index (χ0n) is 15.8. The Morgan fingerprint density at radius 2 is 2.00 bits per heavy atom. The van der Waals surface area contributed by atoms with Crippen LogP contribution < -0.4 is 4.74 Å². The van der Waals surface area contributed by atoms with E-state index >= 15 is 0 Å². The zero-order valence-corrected chi connectivity index (χ0v) is 15.8. The zero-order chi connectivity index (χ0) is 19.3. The molecule has 0 unspecified atom stereocenters. The summed E-state index contributed by atoms with van der Waals surface area (Å²) in [5.41, 5.74) is 0.836. The van der Waals surface area contributed by atoms with Crippen molar-refractivity contribution in [2.45, 2.75) is 31.6 Å². The van der Waals surface area contributed by atoms with Crippen LogP contribution in [-0.2, 0) is 9.59 Å². The maximum Gasteiger partial charge on any atom is 0.242 e. The number of ether oxygens (including phenoxy) is 1. The molecule has 1 aromatic heterocycles. The molecule has 1 aromatic carbocycles. The molecule has 0 N–H and O–H groups in total.